The Morgan fingerprint density at radius 2 is 2.14 bits per heavy atom. The molecule has 1 fully saturated rings. The van der Waals surface area contributed by atoms with Crippen molar-refractivity contribution in [3.63, 3.8) is 0 Å². The van der Waals surface area contributed by atoms with E-state index in [0.717, 1.165) is 12.8 Å². The summed E-state index contributed by atoms with van der Waals surface area (Å²) < 4.78 is 28.5. The van der Waals surface area contributed by atoms with Crippen molar-refractivity contribution in [2.45, 2.75) is 31.1 Å². The number of aromatic amines is 1. The lowest BCUT2D eigenvalue weighted by Gasteiger charge is -2.21. The second-order valence-electron chi connectivity index (χ2n) is 5.04. The van der Waals surface area contributed by atoms with E-state index in [1.807, 2.05) is 0 Å². The third-order valence-electron chi connectivity index (χ3n) is 3.54. The van der Waals surface area contributed by atoms with Gasteiger partial charge in [-0.1, -0.05) is 6.92 Å². The maximum Gasteiger partial charge on any atom is 0.273 e. The summed E-state index contributed by atoms with van der Waals surface area (Å²) in [6.07, 6.45) is 2.15. The molecule has 9 heteroatoms. The van der Waals surface area contributed by atoms with E-state index in [9.17, 15) is 13.2 Å². The molecule has 0 bridgehead atoms. The molecule has 1 aromatic rings. The third-order valence-corrected chi connectivity index (χ3v) is 4.55. The van der Waals surface area contributed by atoms with Crippen LogP contribution < -0.4 is 10.5 Å². The third kappa shape index (κ3) is 3.80. The van der Waals surface area contributed by atoms with Crippen LogP contribution in [0.3, 0.4) is 0 Å². The lowest BCUT2D eigenvalue weighted by molar-refractivity contribution is 0.0641. The molecule has 1 saturated heterocycles. The van der Waals surface area contributed by atoms with Gasteiger partial charge in [0, 0.05) is 19.8 Å². The highest BCUT2D eigenvalue weighted by Crippen LogP contribution is 2.18. The summed E-state index contributed by atoms with van der Waals surface area (Å²) in [5.41, 5.74) is 0.176. The van der Waals surface area contributed by atoms with Crippen LogP contribution in [-0.2, 0) is 21.2 Å². The van der Waals surface area contributed by atoms with E-state index in [4.69, 9.17) is 9.88 Å². The van der Waals surface area contributed by atoms with Gasteiger partial charge in [-0.15, -0.1) is 0 Å². The van der Waals surface area contributed by atoms with Crippen molar-refractivity contribution in [1.82, 2.24) is 15.5 Å². The maximum absolute atomic E-state index is 12.1. The normalized spacial score (nSPS) is 16.9. The molecule has 21 heavy (non-hydrogen) atoms. The number of primary sulfonamides is 1. The summed E-state index contributed by atoms with van der Waals surface area (Å²) in [6.45, 7) is 3.60. The van der Waals surface area contributed by atoms with Gasteiger partial charge in [0.2, 0.25) is 10.0 Å². The number of sulfonamides is 1. The molecule has 1 aliphatic heterocycles. The monoisotopic (exact) mass is 316 g/mol. The number of amides is 1. The number of H-pyrrole nitrogens is 1. The van der Waals surface area contributed by atoms with Gasteiger partial charge in [0.05, 0.1) is 5.69 Å². The molecule has 118 valence electrons. The molecular formula is C12H20N4O4S. The summed E-state index contributed by atoms with van der Waals surface area (Å²) in [7, 11) is -4.00. The van der Waals surface area contributed by atoms with E-state index < -0.39 is 15.9 Å². The minimum atomic E-state index is -4.00. The fourth-order valence-electron chi connectivity index (χ4n) is 2.34. The number of carbonyl (C=O) groups excluding carboxylic acids is 1. The number of nitrogens with two attached hydrogens (primary N) is 1. The predicted molar refractivity (Wildman–Crippen MR) is 75.2 cm³/mol. The fraction of sp³-hybridized carbons (Fsp3) is 0.667. The molecule has 1 amide bonds. The number of rotatable bonds is 5. The van der Waals surface area contributed by atoms with E-state index >= 15 is 0 Å². The zero-order valence-electron chi connectivity index (χ0n) is 11.9. The largest absolute Gasteiger partial charge is 0.381 e. The number of carbonyl (C=O) groups is 1. The lowest BCUT2D eigenvalue weighted by Crippen LogP contribution is -2.33. The number of nitrogens with one attached hydrogen (secondary N) is 2. The summed E-state index contributed by atoms with van der Waals surface area (Å²) in [4.78, 5) is 11.9. The number of nitrogens with zero attached hydrogens (tertiary/aromatic N) is 1. The van der Waals surface area contributed by atoms with Crippen molar-refractivity contribution in [1.29, 1.82) is 0 Å². The maximum atomic E-state index is 12.1. The number of hydrogen-bond donors (Lipinski definition) is 3. The van der Waals surface area contributed by atoms with Crippen LogP contribution in [0.4, 0.5) is 0 Å². The Morgan fingerprint density at radius 3 is 2.71 bits per heavy atom. The number of aromatic nitrogens is 2. The Labute approximate surface area is 123 Å². The van der Waals surface area contributed by atoms with Crippen LogP contribution in [0.15, 0.2) is 4.90 Å². The first-order valence-electron chi connectivity index (χ1n) is 6.89. The van der Waals surface area contributed by atoms with E-state index in [0.29, 0.717) is 37.8 Å². The summed E-state index contributed by atoms with van der Waals surface area (Å²) in [5.74, 6) is -0.188. The van der Waals surface area contributed by atoms with Crippen LogP contribution >= 0.6 is 0 Å². The Bertz CT molecular complexity index is 605. The second kappa shape index (κ2) is 6.54. The molecule has 0 radical (unpaired) electrons. The van der Waals surface area contributed by atoms with Crippen molar-refractivity contribution in [3.8, 4) is 0 Å². The fourth-order valence-corrected chi connectivity index (χ4v) is 3.28. The molecule has 8 nitrogen and oxygen atoms in total. The van der Waals surface area contributed by atoms with Crippen molar-refractivity contribution >= 4 is 15.9 Å². The minimum Gasteiger partial charge on any atom is -0.381 e. The summed E-state index contributed by atoms with van der Waals surface area (Å²) in [6, 6.07) is 0. The molecule has 0 unspecified atom stereocenters. The zero-order chi connectivity index (χ0) is 15.5. The Morgan fingerprint density at radius 1 is 1.48 bits per heavy atom. The molecule has 0 saturated carbocycles. The molecular weight excluding hydrogens is 296 g/mol. The van der Waals surface area contributed by atoms with Gasteiger partial charge in [0.15, 0.2) is 5.69 Å². The summed E-state index contributed by atoms with van der Waals surface area (Å²) in [5, 5.41) is 14.2. The summed E-state index contributed by atoms with van der Waals surface area (Å²) >= 11 is 0. The van der Waals surface area contributed by atoms with Gasteiger partial charge in [-0.05, 0) is 25.2 Å². The van der Waals surface area contributed by atoms with Gasteiger partial charge < -0.3 is 10.1 Å². The first-order valence-corrected chi connectivity index (χ1v) is 8.44. The van der Waals surface area contributed by atoms with Crippen LogP contribution in [0.25, 0.3) is 0 Å². The molecule has 0 atom stereocenters. The Balaban J connectivity index is 2.10. The predicted octanol–water partition coefficient (Wildman–Crippen LogP) is -0.224. The van der Waals surface area contributed by atoms with Crippen LogP contribution in [-0.4, -0.2) is 44.3 Å². The molecule has 4 N–H and O–H groups in total. The van der Waals surface area contributed by atoms with Crippen molar-refractivity contribution in [2.75, 3.05) is 19.8 Å². The quantitative estimate of drug-likeness (QED) is 0.692. The van der Waals surface area contributed by atoms with Crippen LogP contribution in [0.2, 0.25) is 0 Å². The smallest absolute Gasteiger partial charge is 0.273 e. The van der Waals surface area contributed by atoms with Gasteiger partial charge in [0.25, 0.3) is 5.91 Å². The average Bonchev–Trinajstić information content (AvgIpc) is 2.90. The Kier molecular flexibility index (Phi) is 4.96. The van der Waals surface area contributed by atoms with E-state index in [-0.39, 0.29) is 10.6 Å². The second-order valence-corrected chi connectivity index (χ2v) is 6.54. The van der Waals surface area contributed by atoms with Crippen molar-refractivity contribution in [3.05, 3.63) is 11.4 Å². The van der Waals surface area contributed by atoms with E-state index in [1.165, 1.54) is 0 Å². The van der Waals surface area contributed by atoms with E-state index in [1.54, 1.807) is 6.92 Å². The van der Waals surface area contributed by atoms with Gasteiger partial charge in [-0.2, -0.15) is 5.10 Å². The van der Waals surface area contributed by atoms with Gasteiger partial charge >= 0.3 is 0 Å². The highest BCUT2D eigenvalue weighted by molar-refractivity contribution is 7.89. The molecule has 1 aliphatic rings. The molecule has 0 spiro atoms. The first kappa shape index (κ1) is 15.9. The van der Waals surface area contributed by atoms with Gasteiger partial charge in [0.1, 0.15) is 4.90 Å². The number of ether oxygens (including phenoxy) is 1. The van der Waals surface area contributed by atoms with Gasteiger partial charge in [-0.3, -0.25) is 9.89 Å². The molecule has 2 heterocycles. The molecule has 0 aromatic carbocycles. The molecule has 0 aliphatic carbocycles. The van der Waals surface area contributed by atoms with Crippen molar-refractivity contribution < 1.29 is 17.9 Å². The van der Waals surface area contributed by atoms with Gasteiger partial charge in [-0.25, -0.2) is 13.6 Å². The van der Waals surface area contributed by atoms with Crippen molar-refractivity contribution in [2.24, 2.45) is 11.1 Å². The SMILES string of the molecule is CCc1[nH]nc(C(=O)NCC2CCOCC2)c1S(N)(=O)=O. The number of aryl methyl sites for hydroxylation is 1. The van der Waals surface area contributed by atoms with Crippen LogP contribution in [0.1, 0.15) is 35.9 Å². The highest BCUT2D eigenvalue weighted by Gasteiger charge is 2.27. The first-order chi connectivity index (χ1) is 9.93. The van der Waals surface area contributed by atoms with E-state index in [2.05, 4.69) is 15.5 Å². The molecule has 1 aromatic heterocycles. The van der Waals surface area contributed by atoms with Crippen LogP contribution in [0.5, 0.6) is 0 Å². The highest BCUT2D eigenvalue weighted by atomic mass is 32.2. The molecule has 2 rings (SSSR count). The topological polar surface area (TPSA) is 127 Å². The Hall–Kier alpha value is -1.45. The lowest BCUT2D eigenvalue weighted by atomic mass is 10.0. The van der Waals surface area contributed by atoms with Crippen LogP contribution in [0, 0.1) is 5.92 Å². The standard InChI is InChI=1S/C12H20N4O4S/c1-2-9-11(21(13,18)19)10(16-15-9)12(17)14-7-8-3-5-20-6-4-8/h8H,2-7H2,1H3,(H,14,17)(H,15,16)(H2,13,18,19). The number of hydrogen-bond acceptors (Lipinski definition) is 5. The minimum absolute atomic E-state index is 0.165. The average molecular weight is 316 g/mol. The zero-order valence-corrected chi connectivity index (χ0v) is 12.7.